The predicted octanol–water partition coefficient (Wildman–Crippen LogP) is 4.64. The lowest BCUT2D eigenvalue weighted by molar-refractivity contribution is -0.122. The van der Waals surface area contributed by atoms with Crippen molar-refractivity contribution < 1.29 is 19.4 Å². The summed E-state index contributed by atoms with van der Waals surface area (Å²) in [5.74, 6) is -1.08. The molecule has 2 fully saturated rings. The van der Waals surface area contributed by atoms with Gasteiger partial charge in [-0.2, -0.15) is 0 Å². The number of hydrogen-bond donors (Lipinski definition) is 1. The number of ether oxygens (including phenoxy) is 1. The quantitative estimate of drug-likeness (QED) is 0.495. The summed E-state index contributed by atoms with van der Waals surface area (Å²) >= 11 is 1.34. The lowest BCUT2D eigenvalue weighted by Gasteiger charge is -2.28. The maximum absolute atomic E-state index is 13.2. The number of aromatic nitrogens is 1. The van der Waals surface area contributed by atoms with Crippen molar-refractivity contribution in [2.45, 2.75) is 6.92 Å². The summed E-state index contributed by atoms with van der Waals surface area (Å²) in [7, 11) is 0. The van der Waals surface area contributed by atoms with Crippen molar-refractivity contribution in [2.75, 3.05) is 37.7 Å². The Hall–Kier alpha value is -3.82. The van der Waals surface area contributed by atoms with Crippen LogP contribution >= 0.6 is 11.8 Å². The highest BCUT2D eigenvalue weighted by atomic mass is 32.2. The molecule has 2 aromatic carbocycles. The largest absolute Gasteiger partial charge is 0.478 e. The summed E-state index contributed by atoms with van der Waals surface area (Å²) in [6.07, 6.45) is 3.67. The third-order valence-corrected chi connectivity index (χ3v) is 7.09. The van der Waals surface area contributed by atoms with E-state index in [0.717, 1.165) is 43.4 Å². The number of rotatable bonds is 6. The molecule has 1 amide bonds. The fourth-order valence-corrected chi connectivity index (χ4v) is 5.26. The molecule has 36 heavy (non-hydrogen) atoms. The van der Waals surface area contributed by atoms with E-state index in [9.17, 15) is 14.7 Å². The summed E-state index contributed by atoms with van der Waals surface area (Å²) in [6.45, 7) is 5.65. The maximum Gasteiger partial charge on any atom is 0.335 e. The molecule has 1 aromatic heterocycles. The van der Waals surface area contributed by atoms with Gasteiger partial charge in [-0.1, -0.05) is 6.07 Å². The van der Waals surface area contributed by atoms with Crippen LogP contribution < -0.4 is 4.90 Å². The molecule has 2 aliphatic heterocycles. The summed E-state index contributed by atoms with van der Waals surface area (Å²) in [5, 5.41) is 9.97. The molecule has 0 saturated carbocycles. The zero-order chi connectivity index (χ0) is 25.1. The van der Waals surface area contributed by atoms with Crippen LogP contribution in [0.1, 0.15) is 23.0 Å². The molecule has 0 bridgehead atoms. The number of amidine groups is 1. The number of morpholine rings is 1. The number of amides is 1. The van der Waals surface area contributed by atoms with Crippen molar-refractivity contribution in [3.05, 3.63) is 83.0 Å². The molecule has 8 nitrogen and oxygen atoms in total. The number of carbonyl (C=O) groups excluding carboxylic acids is 1. The Morgan fingerprint density at radius 1 is 1.08 bits per heavy atom. The monoisotopic (exact) mass is 502 g/mol. The van der Waals surface area contributed by atoms with Gasteiger partial charge in [-0.3, -0.25) is 9.69 Å². The molecule has 0 unspecified atom stereocenters. The van der Waals surface area contributed by atoms with Gasteiger partial charge in [0.15, 0.2) is 5.17 Å². The van der Waals surface area contributed by atoms with Crippen molar-refractivity contribution in [3.63, 3.8) is 0 Å². The van der Waals surface area contributed by atoms with E-state index in [1.54, 1.807) is 23.1 Å². The van der Waals surface area contributed by atoms with E-state index in [4.69, 9.17) is 9.73 Å². The molecule has 3 heterocycles. The number of benzene rings is 2. The smallest absolute Gasteiger partial charge is 0.335 e. The molecule has 3 aromatic rings. The first kappa shape index (κ1) is 23.9. The maximum atomic E-state index is 13.2. The first-order chi connectivity index (χ1) is 17.5. The van der Waals surface area contributed by atoms with Crippen LogP contribution in [0.25, 0.3) is 11.8 Å². The van der Waals surface area contributed by atoms with E-state index in [1.165, 1.54) is 11.8 Å². The van der Waals surface area contributed by atoms with Crippen molar-refractivity contribution >= 4 is 46.3 Å². The molecule has 0 spiro atoms. The minimum absolute atomic E-state index is 0.0989. The first-order valence-electron chi connectivity index (χ1n) is 11.8. The SMILES string of the molecule is CCN1C(=O)/C(=C/c2cccn2-c2cccc(C(=O)O)c2)SC1=Nc1ccc(N2CCOCC2)cc1. The van der Waals surface area contributed by atoms with Gasteiger partial charge in [0.05, 0.1) is 29.4 Å². The molecule has 0 atom stereocenters. The van der Waals surface area contributed by atoms with Crippen molar-refractivity contribution in [3.8, 4) is 5.69 Å². The highest BCUT2D eigenvalue weighted by Gasteiger charge is 2.32. The van der Waals surface area contributed by atoms with Gasteiger partial charge >= 0.3 is 5.97 Å². The normalized spacial score (nSPS) is 18.4. The van der Waals surface area contributed by atoms with Crippen LogP contribution in [0, 0.1) is 0 Å². The lowest BCUT2D eigenvalue weighted by atomic mass is 10.2. The molecule has 2 saturated heterocycles. The molecular weight excluding hydrogens is 476 g/mol. The number of aliphatic imine (C=N–C) groups is 1. The van der Waals surface area contributed by atoms with Crippen LogP contribution in [0.5, 0.6) is 0 Å². The van der Waals surface area contributed by atoms with Crippen LogP contribution in [0.15, 0.2) is 76.8 Å². The summed E-state index contributed by atoms with van der Waals surface area (Å²) in [5.41, 5.74) is 3.62. The fraction of sp³-hybridized carbons (Fsp3) is 0.222. The third kappa shape index (κ3) is 4.93. The minimum Gasteiger partial charge on any atom is -0.478 e. The second-order valence-electron chi connectivity index (χ2n) is 8.33. The van der Waals surface area contributed by atoms with Gasteiger partial charge in [0, 0.05) is 42.9 Å². The van der Waals surface area contributed by atoms with E-state index in [-0.39, 0.29) is 11.5 Å². The molecule has 184 valence electrons. The Kier molecular flexibility index (Phi) is 6.92. The number of carboxylic acid groups (broad SMARTS) is 1. The fourth-order valence-electron chi connectivity index (χ4n) is 4.21. The molecule has 2 aliphatic rings. The number of nitrogens with zero attached hydrogens (tertiary/aromatic N) is 4. The van der Waals surface area contributed by atoms with Crippen LogP contribution in [-0.4, -0.2) is 64.5 Å². The Labute approximate surface area is 213 Å². The first-order valence-corrected chi connectivity index (χ1v) is 12.6. The highest BCUT2D eigenvalue weighted by Crippen LogP contribution is 2.34. The zero-order valence-corrected chi connectivity index (χ0v) is 20.6. The minimum atomic E-state index is -0.983. The van der Waals surface area contributed by atoms with E-state index in [2.05, 4.69) is 17.0 Å². The average molecular weight is 503 g/mol. The van der Waals surface area contributed by atoms with Gasteiger partial charge in [-0.25, -0.2) is 9.79 Å². The standard InChI is InChI=1S/C27H26N4O4S/c1-2-30-25(32)24(18-23-7-4-12-31(23)22-6-3-5-19(17-22)26(33)34)36-27(30)28-20-8-10-21(11-9-20)29-13-15-35-16-14-29/h3-12,17-18H,2,13-16H2,1H3,(H,33,34)/b24-18-,28-27?. The number of hydrogen-bond acceptors (Lipinski definition) is 6. The Morgan fingerprint density at radius 2 is 1.86 bits per heavy atom. The van der Waals surface area contributed by atoms with Crippen molar-refractivity contribution in [2.24, 2.45) is 4.99 Å². The Morgan fingerprint density at radius 3 is 2.58 bits per heavy atom. The van der Waals surface area contributed by atoms with Crippen LogP contribution in [0.3, 0.4) is 0 Å². The van der Waals surface area contributed by atoms with Crippen LogP contribution in [0.2, 0.25) is 0 Å². The van der Waals surface area contributed by atoms with Crippen LogP contribution in [0.4, 0.5) is 11.4 Å². The third-order valence-electron chi connectivity index (χ3n) is 6.09. The molecule has 0 aliphatic carbocycles. The van der Waals surface area contributed by atoms with Gasteiger partial charge in [-0.15, -0.1) is 0 Å². The van der Waals surface area contributed by atoms with Gasteiger partial charge in [0.25, 0.3) is 5.91 Å². The second-order valence-corrected chi connectivity index (χ2v) is 9.34. The van der Waals surface area contributed by atoms with E-state index < -0.39 is 5.97 Å². The summed E-state index contributed by atoms with van der Waals surface area (Å²) in [4.78, 5) is 33.8. The summed E-state index contributed by atoms with van der Waals surface area (Å²) < 4.78 is 7.29. The topological polar surface area (TPSA) is 87.4 Å². The number of carbonyl (C=O) groups is 2. The van der Waals surface area contributed by atoms with Crippen molar-refractivity contribution in [1.82, 2.24) is 9.47 Å². The Bertz CT molecular complexity index is 1340. The number of aromatic carboxylic acids is 1. The molecule has 1 N–H and O–H groups in total. The molecule has 5 rings (SSSR count). The Balaban J connectivity index is 1.40. The van der Waals surface area contributed by atoms with Gasteiger partial charge in [0.1, 0.15) is 0 Å². The number of anilines is 1. The van der Waals surface area contributed by atoms with Crippen LogP contribution in [-0.2, 0) is 9.53 Å². The lowest BCUT2D eigenvalue weighted by Crippen LogP contribution is -2.36. The van der Waals surface area contributed by atoms with Gasteiger partial charge in [-0.05, 0) is 79.4 Å². The number of likely N-dealkylation sites (N-methyl/N-ethyl adjacent to an activating group) is 1. The number of carboxylic acids is 1. The molecule has 9 heteroatoms. The van der Waals surface area contributed by atoms with E-state index in [1.807, 2.05) is 54.1 Å². The zero-order valence-electron chi connectivity index (χ0n) is 19.8. The van der Waals surface area contributed by atoms with E-state index in [0.29, 0.717) is 22.3 Å². The average Bonchev–Trinajstić information content (AvgIpc) is 3.49. The molecular formula is C27H26N4O4S. The number of thioether (sulfide) groups is 1. The molecule has 0 radical (unpaired) electrons. The van der Waals surface area contributed by atoms with Crippen molar-refractivity contribution in [1.29, 1.82) is 0 Å². The van der Waals surface area contributed by atoms with Gasteiger partial charge in [0.2, 0.25) is 0 Å². The predicted molar refractivity (Wildman–Crippen MR) is 142 cm³/mol. The second kappa shape index (κ2) is 10.4. The van der Waals surface area contributed by atoms with Gasteiger partial charge < -0.3 is 19.3 Å². The highest BCUT2D eigenvalue weighted by molar-refractivity contribution is 8.18. The van der Waals surface area contributed by atoms with E-state index >= 15 is 0 Å². The summed E-state index contributed by atoms with van der Waals surface area (Å²) in [6, 6.07) is 18.5.